The van der Waals surface area contributed by atoms with Crippen LogP contribution < -0.4 is 0 Å². The van der Waals surface area contributed by atoms with E-state index in [2.05, 4.69) is 34.5 Å². The Hall–Kier alpha value is -0.940. The van der Waals surface area contributed by atoms with Crippen molar-refractivity contribution in [2.24, 2.45) is 0 Å². The van der Waals surface area contributed by atoms with E-state index in [0.29, 0.717) is 0 Å². The summed E-state index contributed by atoms with van der Waals surface area (Å²) in [4.78, 5) is 2.12. The summed E-state index contributed by atoms with van der Waals surface area (Å²) in [7, 11) is 2.02. The average molecular weight is 293 g/mol. The molecular formula is C16H23NO2S. The zero-order chi connectivity index (χ0) is 14.2. The van der Waals surface area contributed by atoms with Gasteiger partial charge in [0.25, 0.3) is 0 Å². The van der Waals surface area contributed by atoms with Gasteiger partial charge in [-0.25, -0.2) is 0 Å². The summed E-state index contributed by atoms with van der Waals surface area (Å²) >= 11 is 1.78. The SMILES string of the molecule is CN(CCO)CCCOCCc1ccc2sccc2c1. The number of hydrogen-bond acceptors (Lipinski definition) is 4. The van der Waals surface area contributed by atoms with Crippen LogP contribution in [0, 0.1) is 0 Å². The lowest BCUT2D eigenvalue weighted by Gasteiger charge is -2.14. The molecule has 2 aromatic rings. The second-order valence-corrected chi connectivity index (χ2v) is 5.98. The fourth-order valence-corrected chi connectivity index (χ4v) is 2.95. The van der Waals surface area contributed by atoms with Crippen LogP contribution in [0.5, 0.6) is 0 Å². The van der Waals surface area contributed by atoms with Gasteiger partial charge in [0.05, 0.1) is 13.2 Å². The molecule has 0 fully saturated rings. The predicted molar refractivity (Wildman–Crippen MR) is 85.5 cm³/mol. The van der Waals surface area contributed by atoms with Gasteiger partial charge in [-0.3, -0.25) is 0 Å². The maximum absolute atomic E-state index is 8.79. The Balaban J connectivity index is 1.61. The molecule has 1 aromatic heterocycles. The summed E-state index contributed by atoms with van der Waals surface area (Å²) in [5.74, 6) is 0. The largest absolute Gasteiger partial charge is 0.395 e. The Morgan fingerprint density at radius 2 is 2.10 bits per heavy atom. The van der Waals surface area contributed by atoms with Gasteiger partial charge in [-0.2, -0.15) is 0 Å². The van der Waals surface area contributed by atoms with E-state index in [-0.39, 0.29) is 6.61 Å². The molecule has 0 saturated carbocycles. The molecule has 0 bridgehead atoms. The summed E-state index contributed by atoms with van der Waals surface area (Å²) in [5.41, 5.74) is 1.34. The molecule has 1 N–H and O–H groups in total. The first-order chi connectivity index (χ1) is 9.79. The van der Waals surface area contributed by atoms with Crippen LogP contribution in [0.15, 0.2) is 29.6 Å². The molecule has 4 heteroatoms. The van der Waals surface area contributed by atoms with Gasteiger partial charge < -0.3 is 14.7 Å². The van der Waals surface area contributed by atoms with Crippen molar-refractivity contribution in [3.63, 3.8) is 0 Å². The van der Waals surface area contributed by atoms with Crippen molar-refractivity contribution in [3.8, 4) is 0 Å². The highest BCUT2D eigenvalue weighted by Crippen LogP contribution is 2.21. The Kier molecular flexibility index (Phi) is 6.47. The van der Waals surface area contributed by atoms with Gasteiger partial charge in [0.1, 0.15) is 0 Å². The van der Waals surface area contributed by atoms with Crippen molar-refractivity contribution in [1.82, 2.24) is 4.90 Å². The lowest BCUT2D eigenvalue weighted by molar-refractivity contribution is 0.123. The van der Waals surface area contributed by atoms with Crippen LogP contribution in [-0.2, 0) is 11.2 Å². The molecule has 0 atom stereocenters. The summed E-state index contributed by atoms with van der Waals surface area (Å²) in [6.45, 7) is 3.50. The minimum atomic E-state index is 0.225. The Bertz CT molecular complexity index is 512. The lowest BCUT2D eigenvalue weighted by Crippen LogP contribution is -2.24. The van der Waals surface area contributed by atoms with Gasteiger partial charge in [0, 0.05) is 24.4 Å². The van der Waals surface area contributed by atoms with E-state index in [4.69, 9.17) is 9.84 Å². The van der Waals surface area contributed by atoms with Crippen LogP contribution >= 0.6 is 11.3 Å². The summed E-state index contributed by atoms with van der Waals surface area (Å²) in [6.07, 6.45) is 1.98. The number of hydrogen-bond donors (Lipinski definition) is 1. The molecule has 0 aliphatic rings. The third kappa shape index (κ3) is 4.87. The topological polar surface area (TPSA) is 32.7 Å². The van der Waals surface area contributed by atoms with Crippen LogP contribution in [0.4, 0.5) is 0 Å². The first kappa shape index (κ1) is 15.4. The number of likely N-dealkylation sites (N-methyl/N-ethyl adjacent to an activating group) is 1. The molecule has 0 aliphatic heterocycles. The molecule has 0 radical (unpaired) electrons. The molecule has 0 spiro atoms. The van der Waals surface area contributed by atoms with Gasteiger partial charge in [-0.1, -0.05) is 12.1 Å². The fraction of sp³-hybridized carbons (Fsp3) is 0.500. The van der Waals surface area contributed by atoms with E-state index in [1.165, 1.54) is 15.6 Å². The number of aliphatic hydroxyl groups is 1. The Morgan fingerprint density at radius 3 is 2.95 bits per heavy atom. The predicted octanol–water partition coefficient (Wildman–Crippen LogP) is 2.77. The quantitative estimate of drug-likeness (QED) is 0.722. The van der Waals surface area contributed by atoms with Crippen LogP contribution in [-0.4, -0.2) is 50.0 Å². The molecule has 3 nitrogen and oxygen atoms in total. The van der Waals surface area contributed by atoms with Crippen molar-refractivity contribution in [2.75, 3.05) is 40.0 Å². The van der Waals surface area contributed by atoms with Gasteiger partial charge in [0.2, 0.25) is 0 Å². The van der Waals surface area contributed by atoms with E-state index in [0.717, 1.165) is 39.1 Å². The van der Waals surface area contributed by atoms with Gasteiger partial charge in [0.15, 0.2) is 0 Å². The molecule has 110 valence electrons. The van der Waals surface area contributed by atoms with Crippen molar-refractivity contribution in [2.45, 2.75) is 12.8 Å². The number of aliphatic hydroxyl groups excluding tert-OH is 1. The normalized spacial score (nSPS) is 11.6. The number of thiophene rings is 1. The van der Waals surface area contributed by atoms with Crippen LogP contribution in [0.25, 0.3) is 10.1 Å². The molecule has 1 aromatic carbocycles. The zero-order valence-corrected chi connectivity index (χ0v) is 12.9. The first-order valence-electron chi connectivity index (χ1n) is 7.13. The molecule has 0 aliphatic carbocycles. The van der Waals surface area contributed by atoms with Crippen molar-refractivity contribution >= 4 is 21.4 Å². The molecule has 0 unspecified atom stereocenters. The second-order valence-electron chi connectivity index (χ2n) is 5.04. The van der Waals surface area contributed by atoms with E-state index in [9.17, 15) is 0 Å². The molecule has 1 heterocycles. The third-order valence-corrected chi connectivity index (χ3v) is 4.26. The van der Waals surface area contributed by atoms with E-state index in [1.54, 1.807) is 11.3 Å². The van der Waals surface area contributed by atoms with E-state index in [1.807, 2.05) is 7.05 Å². The number of ether oxygens (including phenoxy) is 1. The van der Waals surface area contributed by atoms with Gasteiger partial charge >= 0.3 is 0 Å². The highest BCUT2D eigenvalue weighted by Gasteiger charge is 1.99. The Labute approximate surface area is 124 Å². The smallest absolute Gasteiger partial charge is 0.0558 e. The number of benzene rings is 1. The number of fused-ring (bicyclic) bond motifs is 1. The van der Waals surface area contributed by atoms with E-state index < -0.39 is 0 Å². The van der Waals surface area contributed by atoms with Crippen molar-refractivity contribution in [1.29, 1.82) is 0 Å². The van der Waals surface area contributed by atoms with Crippen LogP contribution in [0.3, 0.4) is 0 Å². The van der Waals surface area contributed by atoms with Crippen LogP contribution in [0.1, 0.15) is 12.0 Å². The molecule has 2 rings (SSSR count). The van der Waals surface area contributed by atoms with E-state index >= 15 is 0 Å². The summed E-state index contributed by atoms with van der Waals surface area (Å²) in [6, 6.07) is 8.81. The standard InChI is InChI=1S/C16H23NO2S/c1-17(8-9-18)7-2-10-19-11-5-14-3-4-16-15(13-14)6-12-20-16/h3-4,6,12-13,18H,2,5,7-11H2,1H3. The highest BCUT2D eigenvalue weighted by atomic mass is 32.1. The van der Waals surface area contributed by atoms with Gasteiger partial charge in [-0.15, -0.1) is 11.3 Å². The highest BCUT2D eigenvalue weighted by molar-refractivity contribution is 7.17. The third-order valence-electron chi connectivity index (χ3n) is 3.36. The lowest BCUT2D eigenvalue weighted by atomic mass is 10.1. The maximum atomic E-state index is 8.79. The second kappa shape index (κ2) is 8.37. The maximum Gasteiger partial charge on any atom is 0.0558 e. The zero-order valence-electron chi connectivity index (χ0n) is 12.0. The average Bonchev–Trinajstić information content (AvgIpc) is 2.90. The molecular weight excluding hydrogens is 270 g/mol. The molecule has 0 saturated heterocycles. The number of nitrogens with zero attached hydrogens (tertiary/aromatic N) is 1. The Morgan fingerprint density at radius 1 is 1.20 bits per heavy atom. The monoisotopic (exact) mass is 293 g/mol. The van der Waals surface area contributed by atoms with Crippen molar-refractivity contribution in [3.05, 3.63) is 35.2 Å². The van der Waals surface area contributed by atoms with Crippen molar-refractivity contribution < 1.29 is 9.84 Å². The summed E-state index contributed by atoms with van der Waals surface area (Å²) < 4.78 is 7.02. The minimum absolute atomic E-state index is 0.225. The summed E-state index contributed by atoms with van der Waals surface area (Å²) in [5, 5.41) is 12.3. The fourth-order valence-electron chi connectivity index (χ4n) is 2.18. The van der Waals surface area contributed by atoms with Crippen LogP contribution in [0.2, 0.25) is 0 Å². The first-order valence-corrected chi connectivity index (χ1v) is 8.01. The molecule has 20 heavy (non-hydrogen) atoms. The van der Waals surface area contributed by atoms with Gasteiger partial charge in [-0.05, 0) is 48.4 Å². The molecule has 0 amide bonds. The minimum Gasteiger partial charge on any atom is -0.395 e. The number of rotatable bonds is 9.